The molecule has 0 saturated heterocycles. The lowest BCUT2D eigenvalue weighted by atomic mass is 9.94. The number of nitrogens with zero attached hydrogens (tertiary/aromatic N) is 2. The molecule has 1 N–H and O–H groups in total. The summed E-state index contributed by atoms with van der Waals surface area (Å²) in [5, 5.41) is 3.75. The smallest absolute Gasteiger partial charge is 0.338 e. The van der Waals surface area contributed by atoms with Crippen LogP contribution in [0.15, 0.2) is 66.9 Å². The number of anilines is 1. The number of urea groups is 1. The zero-order valence-electron chi connectivity index (χ0n) is 20.1. The van der Waals surface area contributed by atoms with Crippen molar-refractivity contribution < 1.29 is 14.3 Å². The Labute approximate surface area is 211 Å². The molecule has 0 radical (unpaired) electrons. The number of benzene rings is 2. The van der Waals surface area contributed by atoms with Crippen molar-refractivity contribution in [1.29, 1.82) is 0 Å². The molecular formula is C28H32ClN3O3. The molecule has 2 aromatic carbocycles. The monoisotopic (exact) mass is 493 g/mol. The topological polar surface area (TPSA) is 63.6 Å². The third-order valence-electron chi connectivity index (χ3n) is 6.42. The lowest BCUT2D eigenvalue weighted by molar-refractivity contribution is 0.0526. The normalized spacial score (nSPS) is 13.9. The van der Waals surface area contributed by atoms with Crippen LogP contribution in [0.25, 0.3) is 0 Å². The molecule has 0 spiro atoms. The molecule has 0 aliphatic heterocycles. The minimum Gasteiger partial charge on any atom is -0.462 e. The number of esters is 1. The van der Waals surface area contributed by atoms with Gasteiger partial charge < -0.3 is 19.5 Å². The molecular weight excluding hydrogens is 462 g/mol. The van der Waals surface area contributed by atoms with Crippen LogP contribution in [0.4, 0.5) is 10.5 Å². The maximum atomic E-state index is 13.5. The number of carbonyl (C=O) groups excluding carboxylic acids is 2. The predicted molar refractivity (Wildman–Crippen MR) is 139 cm³/mol. The SMILES string of the molecule is CCOC(=O)c1ccc(NC(=O)N(Cc2cccn2Cc2cccc(Cl)c2)C2CCCCC2)cc1. The quantitative estimate of drug-likeness (QED) is 0.354. The highest BCUT2D eigenvalue weighted by Gasteiger charge is 2.26. The number of amides is 2. The van der Waals surface area contributed by atoms with Gasteiger partial charge in [-0.2, -0.15) is 0 Å². The van der Waals surface area contributed by atoms with E-state index in [1.165, 1.54) is 6.42 Å². The summed E-state index contributed by atoms with van der Waals surface area (Å²) >= 11 is 6.18. The molecule has 7 heteroatoms. The second kappa shape index (κ2) is 11.9. The summed E-state index contributed by atoms with van der Waals surface area (Å²) < 4.78 is 7.21. The first-order valence-electron chi connectivity index (χ1n) is 12.3. The fourth-order valence-electron chi connectivity index (χ4n) is 4.61. The van der Waals surface area contributed by atoms with E-state index in [0.717, 1.165) is 36.9 Å². The largest absolute Gasteiger partial charge is 0.462 e. The lowest BCUT2D eigenvalue weighted by Gasteiger charge is -2.34. The van der Waals surface area contributed by atoms with Crippen molar-refractivity contribution >= 4 is 29.3 Å². The third-order valence-corrected chi connectivity index (χ3v) is 6.66. The summed E-state index contributed by atoms with van der Waals surface area (Å²) in [5.74, 6) is -0.366. The van der Waals surface area contributed by atoms with E-state index in [4.69, 9.17) is 16.3 Å². The van der Waals surface area contributed by atoms with Crippen molar-refractivity contribution in [2.24, 2.45) is 0 Å². The maximum Gasteiger partial charge on any atom is 0.338 e. The summed E-state index contributed by atoms with van der Waals surface area (Å²) in [4.78, 5) is 27.4. The van der Waals surface area contributed by atoms with E-state index in [0.29, 0.717) is 36.0 Å². The molecule has 6 nitrogen and oxygen atoms in total. The van der Waals surface area contributed by atoms with Crippen LogP contribution in [0.2, 0.25) is 5.02 Å². The molecule has 3 aromatic rings. The van der Waals surface area contributed by atoms with Gasteiger partial charge in [-0.25, -0.2) is 9.59 Å². The van der Waals surface area contributed by atoms with Crippen LogP contribution in [0, 0.1) is 0 Å². The summed E-state index contributed by atoms with van der Waals surface area (Å²) in [6.07, 6.45) is 7.53. The second-order valence-electron chi connectivity index (χ2n) is 8.91. The van der Waals surface area contributed by atoms with Gasteiger partial charge in [0.05, 0.1) is 18.7 Å². The van der Waals surface area contributed by atoms with E-state index in [1.807, 2.05) is 35.4 Å². The molecule has 35 heavy (non-hydrogen) atoms. The van der Waals surface area contributed by atoms with Crippen molar-refractivity contribution in [3.63, 3.8) is 0 Å². The van der Waals surface area contributed by atoms with E-state index in [9.17, 15) is 9.59 Å². The van der Waals surface area contributed by atoms with Crippen LogP contribution in [0.5, 0.6) is 0 Å². The highest BCUT2D eigenvalue weighted by atomic mass is 35.5. The number of carbonyl (C=O) groups is 2. The van der Waals surface area contributed by atoms with Crippen LogP contribution in [0.3, 0.4) is 0 Å². The van der Waals surface area contributed by atoms with Crippen molar-refractivity contribution in [2.45, 2.75) is 58.2 Å². The predicted octanol–water partition coefficient (Wildman–Crippen LogP) is 6.73. The molecule has 1 fully saturated rings. The fraction of sp³-hybridized carbons (Fsp3) is 0.357. The summed E-state index contributed by atoms with van der Waals surface area (Å²) in [7, 11) is 0. The van der Waals surface area contributed by atoms with Crippen molar-refractivity contribution in [2.75, 3.05) is 11.9 Å². The number of rotatable bonds is 8. The van der Waals surface area contributed by atoms with Gasteiger partial charge in [-0.3, -0.25) is 0 Å². The minimum atomic E-state index is -0.366. The Morgan fingerprint density at radius 1 is 1.06 bits per heavy atom. The molecule has 184 valence electrons. The molecule has 1 aromatic heterocycles. The van der Waals surface area contributed by atoms with E-state index in [2.05, 4.69) is 22.0 Å². The highest BCUT2D eigenvalue weighted by Crippen LogP contribution is 2.26. The fourth-order valence-corrected chi connectivity index (χ4v) is 4.83. The first kappa shape index (κ1) is 24.9. The van der Waals surface area contributed by atoms with Crippen LogP contribution in [0.1, 0.15) is 60.6 Å². The van der Waals surface area contributed by atoms with Gasteiger partial charge in [-0.15, -0.1) is 0 Å². The third kappa shape index (κ3) is 6.67. The lowest BCUT2D eigenvalue weighted by Crippen LogP contribution is -2.43. The number of ether oxygens (including phenoxy) is 1. The Kier molecular flexibility index (Phi) is 8.48. The van der Waals surface area contributed by atoms with Crippen molar-refractivity contribution in [3.8, 4) is 0 Å². The Morgan fingerprint density at radius 2 is 1.83 bits per heavy atom. The van der Waals surface area contributed by atoms with Crippen molar-refractivity contribution in [1.82, 2.24) is 9.47 Å². The molecule has 1 saturated carbocycles. The zero-order valence-corrected chi connectivity index (χ0v) is 20.8. The van der Waals surface area contributed by atoms with E-state index in [-0.39, 0.29) is 18.0 Å². The number of nitrogens with one attached hydrogen (secondary N) is 1. The molecule has 0 atom stereocenters. The van der Waals surface area contributed by atoms with Crippen LogP contribution >= 0.6 is 11.6 Å². The standard InChI is InChI=1S/C28H32ClN3O3/c1-2-35-27(33)22-13-15-24(16-14-22)30-28(34)32(25-10-4-3-5-11-25)20-26-12-7-17-31(26)19-21-8-6-9-23(29)18-21/h6-9,12-18,25H,2-5,10-11,19-20H2,1H3,(H,30,34). The molecule has 1 aliphatic carbocycles. The minimum absolute atomic E-state index is 0.128. The van der Waals surface area contributed by atoms with Crippen molar-refractivity contribution in [3.05, 3.63) is 88.7 Å². The Morgan fingerprint density at radius 3 is 2.54 bits per heavy atom. The molecule has 0 bridgehead atoms. The van der Waals surface area contributed by atoms with E-state index < -0.39 is 0 Å². The van der Waals surface area contributed by atoms with Gasteiger partial charge in [0.25, 0.3) is 0 Å². The second-order valence-corrected chi connectivity index (χ2v) is 9.34. The average Bonchev–Trinajstić information content (AvgIpc) is 3.30. The number of hydrogen-bond donors (Lipinski definition) is 1. The Hall–Kier alpha value is -3.25. The van der Waals surface area contributed by atoms with Gasteiger partial charge >= 0.3 is 12.0 Å². The molecule has 1 aliphatic rings. The van der Waals surface area contributed by atoms with Gasteiger partial charge in [-0.05, 0) is 73.9 Å². The molecule has 2 amide bonds. The van der Waals surface area contributed by atoms with Crippen LogP contribution < -0.4 is 5.32 Å². The Bertz CT molecular complexity index is 1140. The maximum absolute atomic E-state index is 13.5. The van der Waals surface area contributed by atoms with Gasteiger partial charge in [0, 0.05) is 35.2 Å². The zero-order chi connectivity index (χ0) is 24.6. The number of halogens is 1. The molecule has 0 unspecified atom stereocenters. The number of aromatic nitrogens is 1. The Balaban J connectivity index is 1.50. The van der Waals surface area contributed by atoms with Gasteiger partial charge in [0.15, 0.2) is 0 Å². The van der Waals surface area contributed by atoms with E-state index in [1.54, 1.807) is 31.2 Å². The highest BCUT2D eigenvalue weighted by molar-refractivity contribution is 6.30. The van der Waals surface area contributed by atoms with Gasteiger partial charge in [-0.1, -0.05) is 43.0 Å². The van der Waals surface area contributed by atoms with E-state index >= 15 is 0 Å². The first-order chi connectivity index (χ1) is 17.0. The summed E-state index contributed by atoms with van der Waals surface area (Å²) in [6.45, 7) is 3.31. The van der Waals surface area contributed by atoms with Crippen LogP contribution in [-0.2, 0) is 17.8 Å². The molecule has 1 heterocycles. The van der Waals surface area contributed by atoms with Gasteiger partial charge in [0.2, 0.25) is 0 Å². The van der Waals surface area contributed by atoms with Crippen LogP contribution in [-0.4, -0.2) is 34.1 Å². The first-order valence-corrected chi connectivity index (χ1v) is 12.6. The summed E-state index contributed by atoms with van der Waals surface area (Å²) in [6, 6.07) is 18.8. The number of hydrogen-bond acceptors (Lipinski definition) is 3. The van der Waals surface area contributed by atoms with Gasteiger partial charge in [0.1, 0.15) is 0 Å². The summed E-state index contributed by atoms with van der Waals surface area (Å²) in [5.41, 5.74) is 3.31. The average molecular weight is 494 g/mol. The molecule has 4 rings (SSSR count).